The molecule has 0 aromatic heterocycles. The van der Waals surface area contributed by atoms with Gasteiger partial charge in [0.25, 0.3) is 11.8 Å². The topological polar surface area (TPSA) is 49.9 Å². The van der Waals surface area contributed by atoms with Gasteiger partial charge < -0.3 is 14.5 Å². The van der Waals surface area contributed by atoms with Crippen LogP contribution < -0.4 is 4.74 Å². The molecule has 5 nitrogen and oxygen atoms in total. The van der Waals surface area contributed by atoms with Gasteiger partial charge in [0.05, 0.1) is 22.6 Å². The van der Waals surface area contributed by atoms with Crippen LogP contribution in [0, 0.1) is 0 Å². The van der Waals surface area contributed by atoms with E-state index in [0.29, 0.717) is 35.8 Å². The number of thioether (sulfide) groups is 1. The highest BCUT2D eigenvalue weighted by molar-refractivity contribution is 8.00. The molecule has 4 rings (SSSR count). The lowest BCUT2D eigenvalue weighted by Crippen LogP contribution is -2.53. The molecule has 7 heteroatoms. The summed E-state index contributed by atoms with van der Waals surface area (Å²) in [5.41, 5.74) is 1.21. The highest BCUT2D eigenvalue weighted by atomic mass is 35.5. The summed E-state index contributed by atoms with van der Waals surface area (Å²) in [6.45, 7) is 1.97. The molecule has 152 valence electrons. The number of halogens is 1. The Kier molecular flexibility index (Phi) is 5.74. The van der Waals surface area contributed by atoms with E-state index >= 15 is 0 Å². The second kappa shape index (κ2) is 8.28. The van der Waals surface area contributed by atoms with Crippen LogP contribution in [0.1, 0.15) is 33.6 Å². The van der Waals surface area contributed by atoms with Crippen LogP contribution >= 0.6 is 23.4 Å². The minimum Gasteiger partial charge on any atom is -0.497 e. The van der Waals surface area contributed by atoms with Crippen molar-refractivity contribution in [1.29, 1.82) is 0 Å². The molecule has 0 N–H and O–H groups in total. The second-order valence-corrected chi connectivity index (χ2v) is 9.12. The summed E-state index contributed by atoms with van der Waals surface area (Å²) in [5, 5.41) is 0.483. The van der Waals surface area contributed by atoms with E-state index in [-0.39, 0.29) is 16.7 Å². The first-order chi connectivity index (χ1) is 14.0. The lowest BCUT2D eigenvalue weighted by molar-refractivity contribution is 0.0498. The van der Waals surface area contributed by atoms with Crippen molar-refractivity contribution in [2.24, 2.45) is 0 Å². The number of methoxy groups -OCH3 is 1. The van der Waals surface area contributed by atoms with Gasteiger partial charge in [-0.2, -0.15) is 0 Å². The van der Waals surface area contributed by atoms with Crippen molar-refractivity contribution in [2.45, 2.75) is 17.7 Å². The van der Waals surface area contributed by atoms with Gasteiger partial charge in [0, 0.05) is 31.0 Å². The Labute approximate surface area is 180 Å². The molecule has 0 saturated carbocycles. The quantitative estimate of drug-likeness (QED) is 0.733. The van der Waals surface area contributed by atoms with Gasteiger partial charge >= 0.3 is 0 Å². The number of nitrogens with zero attached hydrogens (tertiary/aromatic N) is 2. The predicted octanol–water partition coefficient (Wildman–Crippen LogP) is 4.17. The highest BCUT2D eigenvalue weighted by Crippen LogP contribution is 2.45. The fourth-order valence-electron chi connectivity index (χ4n) is 4.06. The maximum atomic E-state index is 13.2. The summed E-state index contributed by atoms with van der Waals surface area (Å²) in [4.78, 5) is 29.6. The van der Waals surface area contributed by atoms with Crippen LogP contribution in [0.2, 0.25) is 5.02 Å². The Hall–Kier alpha value is -2.18. The fourth-order valence-corrected chi connectivity index (χ4v) is 5.74. The van der Waals surface area contributed by atoms with Gasteiger partial charge in [-0.1, -0.05) is 23.7 Å². The van der Waals surface area contributed by atoms with Gasteiger partial charge in [-0.15, -0.1) is 11.8 Å². The Morgan fingerprint density at radius 2 is 1.69 bits per heavy atom. The third-order valence-corrected chi connectivity index (χ3v) is 7.58. The van der Waals surface area contributed by atoms with Crippen molar-refractivity contribution in [3.63, 3.8) is 0 Å². The molecule has 2 aromatic carbocycles. The van der Waals surface area contributed by atoms with Gasteiger partial charge in [0.15, 0.2) is 0 Å². The molecule has 0 radical (unpaired) electrons. The van der Waals surface area contributed by atoms with Crippen LogP contribution in [0.3, 0.4) is 0 Å². The molecular formula is C22H23ClN2O3S. The first kappa shape index (κ1) is 20.1. The number of likely N-dealkylation sites (tertiary alicyclic amines) is 1. The molecule has 2 aliphatic rings. The molecule has 1 spiro atoms. The van der Waals surface area contributed by atoms with Gasteiger partial charge in [0.2, 0.25) is 0 Å². The van der Waals surface area contributed by atoms with Crippen molar-refractivity contribution >= 4 is 35.2 Å². The Morgan fingerprint density at radius 1 is 1.00 bits per heavy atom. The van der Waals surface area contributed by atoms with Crippen molar-refractivity contribution in [1.82, 2.24) is 9.80 Å². The summed E-state index contributed by atoms with van der Waals surface area (Å²) in [6, 6.07) is 14.4. The van der Waals surface area contributed by atoms with Crippen LogP contribution in [0.25, 0.3) is 0 Å². The number of rotatable bonds is 3. The molecule has 0 unspecified atom stereocenters. The van der Waals surface area contributed by atoms with E-state index in [2.05, 4.69) is 0 Å². The minimum atomic E-state index is -0.257. The SMILES string of the molecule is COc1ccc(C(=O)N2CCC3(CC2)SCCN3C(=O)c2ccccc2Cl)cc1. The van der Waals surface area contributed by atoms with Crippen LogP contribution in [0.15, 0.2) is 48.5 Å². The number of carbonyl (C=O) groups is 2. The maximum absolute atomic E-state index is 13.2. The number of benzene rings is 2. The largest absolute Gasteiger partial charge is 0.497 e. The summed E-state index contributed by atoms with van der Waals surface area (Å²) in [6.07, 6.45) is 1.52. The number of hydrogen-bond donors (Lipinski definition) is 0. The molecule has 0 aliphatic carbocycles. The Bertz CT molecular complexity index is 911. The van der Waals surface area contributed by atoms with E-state index in [1.807, 2.05) is 33.7 Å². The van der Waals surface area contributed by atoms with E-state index in [0.717, 1.165) is 24.3 Å². The van der Waals surface area contributed by atoms with Crippen molar-refractivity contribution in [2.75, 3.05) is 32.5 Å². The number of amides is 2. The van der Waals surface area contributed by atoms with E-state index in [1.54, 1.807) is 43.5 Å². The molecular weight excluding hydrogens is 408 g/mol. The predicted molar refractivity (Wildman–Crippen MR) is 116 cm³/mol. The highest BCUT2D eigenvalue weighted by Gasteiger charge is 2.47. The molecule has 2 heterocycles. The first-order valence-corrected chi connectivity index (χ1v) is 11.0. The lowest BCUT2D eigenvalue weighted by Gasteiger charge is -2.44. The molecule has 29 heavy (non-hydrogen) atoms. The van der Waals surface area contributed by atoms with Crippen LogP contribution in [0.5, 0.6) is 5.75 Å². The van der Waals surface area contributed by atoms with Gasteiger partial charge in [0.1, 0.15) is 5.75 Å². The minimum absolute atomic E-state index is 0.0180. The molecule has 2 amide bonds. The molecule has 2 aliphatic heterocycles. The zero-order chi connectivity index (χ0) is 20.4. The average Bonchev–Trinajstić information content (AvgIpc) is 3.16. The normalized spacial score (nSPS) is 18.1. The number of carbonyl (C=O) groups excluding carboxylic acids is 2. The average molecular weight is 431 g/mol. The van der Waals surface area contributed by atoms with Crippen LogP contribution in [-0.4, -0.2) is 59.0 Å². The van der Waals surface area contributed by atoms with Crippen LogP contribution in [0.4, 0.5) is 0 Å². The molecule has 0 bridgehead atoms. The zero-order valence-corrected chi connectivity index (χ0v) is 17.8. The summed E-state index contributed by atoms with van der Waals surface area (Å²) in [5.74, 6) is 1.64. The van der Waals surface area contributed by atoms with Gasteiger partial charge in [-0.25, -0.2) is 0 Å². The van der Waals surface area contributed by atoms with E-state index in [1.165, 1.54) is 0 Å². The van der Waals surface area contributed by atoms with Crippen molar-refractivity contribution in [3.05, 3.63) is 64.7 Å². The molecule has 2 saturated heterocycles. The lowest BCUT2D eigenvalue weighted by atomic mass is 10.00. The van der Waals surface area contributed by atoms with E-state index < -0.39 is 0 Å². The molecule has 2 aromatic rings. The van der Waals surface area contributed by atoms with Gasteiger partial charge in [-0.05, 0) is 49.2 Å². The summed E-state index contributed by atoms with van der Waals surface area (Å²) in [7, 11) is 1.61. The molecule has 2 fully saturated rings. The smallest absolute Gasteiger partial charge is 0.256 e. The number of ether oxygens (including phenoxy) is 1. The zero-order valence-electron chi connectivity index (χ0n) is 16.3. The standard InChI is InChI=1S/C22H23ClN2O3S/c1-28-17-8-6-16(7-9-17)20(26)24-12-10-22(11-13-24)25(14-15-29-22)21(27)18-4-2-3-5-19(18)23/h2-9H,10-15H2,1H3. The maximum Gasteiger partial charge on any atom is 0.256 e. The first-order valence-electron chi connectivity index (χ1n) is 9.68. The summed E-state index contributed by atoms with van der Waals surface area (Å²) < 4.78 is 5.16. The third kappa shape index (κ3) is 3.83. The Balaban J connectivity index is 1.46. The van der Waals surface area contributed by atoms with Crippen LogP contribution in [-0.2, 0) is 0 Å². The van der Waals surface area contributed by atoms with Gasteiger partial charge in [-0.3, -0.25) is 9.59 Å². The fraction of sp³-hybridized carbons (Fsp3) is 0.364. The Morgan fingerprint density at radius 3 is 2.34 bits per heavy atom. The third-order valence-electron chi connectivity index (χ3n) is 5.70. The number of hydrogen-bond acceptors (Lipinski definition) is 4. The van der Waals surface area contributed by atoms with Crippen molar-refractivity contribution < 1.29 is 14.3 Å². The number of piperidine rings is 1. The monoisotopic (exact) mass is 430 g/mol. The molecule has 0 atom stereocenters. The van der Waals surface area contributed by atoms with Crippen molar-refractivity contribution in [3.8, 4) is 5.75 Å². The van der Waals surface area contributed by atoms with E-state index in [9.17, 15) is 9.59 Å². The second-order valence-electron chi connectivity index (χ2n) is 7.25. The summed E-state index contributed by atoms with van der Waals surface area (Å²) >= 11 is 8.09. The van der Waals surface area contributed by atoms with E-state index in [4.69, 9.17) is 16.3 Å².